The molecule has 0 unspecified atom stereocenters. The van der Waals surface area contributed by atoms with E-state index in [2.05, 4.69) is 4.98 Å². The first-order valence-corrected chi connectivity index (χ1v) is 10.3. The van der Waals surface area contributed by atoms with Gasteiger partial charge < -0.3 is 9.80 Å². The summed E-state index contributed by atoms with van der Waals surface area (Å²) in [6.45, 7) is 1.96. The van der Waals surface area contributed by atoms with Crippen LogP contribution in [0.25, 0.3) is 0 Å². The third kappa shape index (κ3) is 4.27. The number of carbonyl (C=O) groups is 2. The van der Waals surface area contributed by atoms with Crippen molar-refractivity contribution in [3.05, 3.63) is 64.7 Å². The molecule has 1 aromatic carbocycles. The number of pyridine rings is 1. The third-order valence-corrected chi connectivity index (χ3v) is 6.27. The van der Waals surface area contributed by atoms with Crippen molar-refractivity contribution in [1.82, 2.24) is 14.8 Å². The van der Waals surface area contributed by atoms with Gasteiger partial charge in [0.15, 0.2) is 0 Å². The Morgan fingerprint density at radius 1 is 1.17 bits per heavy atom. The molecule has 4 rings (SSSR count). The van der Waals surface area contributed by atoms with Crippen LogP contribution in [0.15, 0.2) is 42.6 Å². The minimum absolute atomic E-state index is 0.0118. The van der Waals surface area contributed by atoms with Crippen molar-refractivity contribution in [1.29, 1.82) is 0 Å². The molecule has 152 valence electrons. The van der Waals surface area contributed by atoms with Crippen LogP contribution in [0.4, 0.5) is 4.39 Å². The fourth-order valence-electron chi connectivity index (χ4n) is 4.48. The molecule has 2 aromatic rings. The summed E-state index contributed by atoms with van der Waals surface area (Å²) in [6, 6.07) is 9.61. The van der Waals surface area contributed by atoms with Crippen molar-refractivity contribution in [2.45, 2.75) is 31.7 Å². The number of benzene rings is 1. The number of halogens is 2. The summed E-state index contributed by atoms with van der Waals surface area (Å²) in [5.41, 5.74) is 1.10. The smallest absolute Gasteiger partial charge is 0.272 e. The van der Waals surface area contributed by atoms with Gasteiger partial charge in [0.25, 0.3) is 5.91 Å². The Morgan fingerprint density at radius 3 is 2.79 bits per heavy atom. The molecule has 0 spiro atoms. The van der Waals surface area contributed by atoms with E-state index in [0.717, 1.165) is 19.3 Å². The second-order valence-electron chi connectivity index (χ2n) is 7.72. The highest BCUT2D eigenvalue weighted by molar-refractivity contribution is 6.31. The van der Waals surface area contributed by atoms with Crippen molar-refractivity contribution in [2.75, 3.05) is 19.6 Å². The number of piperidine rings is 2. The summed E-state index contributed by atoms with van der Waals surface area (Å²) >= 11 is 6.10. The molecule has 0 N–H and O–H groups in total. The Bertz CT molecular complexity index is 908. The lowest BCUT2D eigenvalue weighted by molar-refractivity contribution is -0.137. The van der Waals surface area contributed by atoms with Gasteiger partial charge >= 0.3 is 0 Å². The van der Waals surface area contributed by atoms with Gasteiger partial charge in [0.05, 0.1) is 6.42 Å². The second kappa shape index (κ2) is 8.49. The van der Waals surface area contributed by atoms with Crippen LogP contribution in [0.3, 0.4) is 0 Å². The van der Waals surface area contributed by atoms with Crippen molar-refractivity contribution in [3.8, 4) is 0 Å². The van der Waals surface area contributed by atoms with Crippen molar-refractivity contribution >= 4 is 23.4 Å². The van der Waals surface area contributed by atoms with Gasteiger partial charge in [0, 0.05) is 36.9 Å². The van der Waals surface area contributed by atoms with E-state index in [1.807, 2.05) is 15.9 Å². The lowest BCUT2D eigenvalue weighted by Gasteiger charge is -2.47. The number of hydrogen-bond donors (Lipinski definition) is 0. The van der Waals surface area contributed by atoms with Crippen molar-refractivity contribution in [2.24, 2.45) is 5.92 Å². The number of likely N-dealkylation sites (tertiary alicyclic amines) is 2. The maximum Gasteiger partial charge on any atom is 0.272 e. The van der Waals surface area contributed by atoms with Gasteiger partial charge in [-0.25, -0.2) is 4.39 Å². The van der Waals surface area contributed by atoms with Crippen LogP contribution in [0, 0.1) is 11.7 Å². The summed E-state index contributed by atoms with van der Waals surface area (Å²) in [5, 5.41) is 0.280. The zero-order chi connectivity index (χ0) is 20.4. The summed E-state index contributed by atoms with van der Waals surface area (Å²) in [5.74, 6) is -0.185. The second-order valence-corrected chi connectivity index (χ2v) is 8.13. The largest absolute Gasteiger partial charge is 0.339 e. The molecular weight excluding hydrogens is 393 g/mol. The average Bonchev–Trinajstić information content (AvgIpc) is 2.75. The maximum absolute atomic E-state index is 13.3. The van der Waals surface area contributed by atoms with E-state index in [4.69, 9.17) is 11.6 Å². The van der Waals surface area contributed by atoms with Gasteiger partial charge in [-0.05, 0) is 55.0 Å². The predicted octanol–water partition coefficient (Wildman–Crippen LogP) is 3.57. The number of fused-ring (bicyclic) bond motifs is 1. The van der Waals surface area contributed by atoms with Gasteiger partial charge in [-0.15, -0.1) is 0 Å². The number of hydrogen-bond acceptors (Lipinski definition) is 3. The monoisotopic (exact) mass is 415 g/mol. The number of carbonyl (C=O) groups excluding carboxylic acids is 2. The lowest BCUT2D eigenvalue weighted by atomic mass is 9.83. The molecule has 2 atom stereocenters. The van der Waals surface area contributed by atoms with E-state index < -0.39 is 5.82 Å². The first-order chi connectivity index (χ1) is 14.0. The SMILES string of the molecule is O=C(c1ccccn1)N1CC[C@H]2[C@H](CCCN2C(=O)Cc2ccc(F)cc2Cl)C1. The van der Waals surface area contributed by atoms with E-state index in [-0.39, 0.29) is 35.2 Å². The molecule has 7 heteroatoms. The van der Waals surface area contributed by atoms with E-state index >= 15 is 0 Å². The Hall–Kier alpha value is -2.47. The first-order valence-electron chi connectivity index (χ1n) is 9.96. The molecule has 2 aliphatic heterocycles. The summed E-state index contributed by atoms with van der Waals surface area (Å²) < 4.78 is 13.3. The number of rotatable bonds is 3. The van der Waals surface area contributed by atoms with Gasteiger partial charge in [-0.2, -0.15) is 0 Å². The van der Waals surface area contributed by atoms with Gasteiger partial charge in [0.2, 0.25) is 5.91 Å². The maximum atomic E-state index is 13.3. The number of amides is 2. The predicted molar refractivity (Wildman–Crippen MR) is 108 cm³/mol. The Balaban J connectivity index is 1.43. The van der Waals surface area contributed by atoms with Crippen LogP contribution in [0.5, 0.6) is 0 Å². The van der Waals surface area contributed by atoms with Crippen LogP contribution >= 0.6 is 11.6 Å². The highest BCUT2D eigenvalue weighted by atomic mass is 35.5. The molecular formula is C22H23ClFN3O2. The van der Waals surface area contributed by atoms with Gasteiger partial charge in [-0.1, -0.05) is 23.7 Å². The molecule has 2 fully saturated rings. The van der Waals surface area contributed by atoms with Crippen molar-refractivity contribution < 1.29 is 14.0 Å². The summed E-state index contributed by atoms with van der Waals surface area (Å²) in [6.07, 6.45) is 4.46. The lowest BCUT2D eigenvalue weighted by Crippen LogP contribution is -2.57. The Labute approximate surface area is 174 Å². The quantitative estimate of drug-likeness (QED) is 0.770. The fraction of sp³-hybridized carbons (Fsp3) is 0.409. The fourth-order valence-corrected chi connectivity index (χ4v) is 4.71. The molecule has 2 aliphatic rings. The molecule has 2 amide bonds. The van der Waals surface area contributed by atoms with Crippen LogP contribution in [-0.4, -0.2) is 52.3 Å². The zero-order valence-corrected chi connectivity index (χ0v) is 16.8. The minimum atomic E-state index is -0.408. The third-order valence-electron chi connectivity index (χ3n) is 5.92. The van der Waals surface area contributed by atoms with Gasteiger partial charge in [0.1, 0.15) is 11.5 Å². The Kier molecular flexibility index (Phi) is 5.81. The first kappa shape index (κ1) is 19.8. The van der Waals surface area contributed by atoms with E-state index in [0.29, 0.717) is 30.9 Å². The van der Waals surface area contributed by atoms with Crippen LogP contribution < -0.4 is 0 Å². The topological polar surface area (TPSA) is 53.5 Å². The van der Waals surface area contributed by atoms with Gasteiger partial charge in [-0.3, -0.25) is 14.6 Å². The molecule has 0 aliphatic carbocycles. The molecule has 2 saturated heterocycles. The van der Waals surface area contributed by atoms with E-state index in [9.17, 15) is 14.0 Å². The molecule has 0 bridgehead atoms. The van der Waals surface area contributed by atoms with Crippen LogP contribution in [0.2, 0.25) is 5.02 Å². The molecule has 3 heterocycles. The van der Waals surface area contributed by atoms with Crippen LogP contribution in [0.1, 0.15) is 35.3 Å². The summed E-state index contributed by atoms with van der Waals surface area (Å²) in [7, 11) is 0. The minimum Gasteiger partial charge on any atom is -0.339 e. The normalized spacial score (nSPS) is 21.6. The number of aromatic nitrogens is 1. The zero-order valence-electron chi connectivity index (χ0n) is 16.1. The molecule has 29 heavy (non-hydrogen) atoms. The molecule has 0 radical (unpaired) electrons. The Morgan fingerprint density at radius 2 is 2.03 bits per heavy atom. The molecule has 5 nitrogen and oxygen atoms in total. The van der Waals surface area contributed by atoms with E-state index in [1.54, 1.807) is 24.4 Å². The van der Waals surface area contributed by atoms with E-state index in [1.165, 1.54) is 12.1 Å². The number of nitrogens with zero attached hydrogens (tertiary/aromatic N) is 3. The average molecular weight is 416 g/mol. The highest BCUT2D eigenvalue weighted by Gasteiger charge is 2.39. The van der Waals surface area contributed by atoms with Crippen LogP contribution in [-0.2, 0) is 11.2 Å². The summed E-state index contributed by atoms with van der Waals surface area (Å²) in [4.78, 5) is 33.7. The highest BCUT2D eigenvalue weighted by Crippen LogP contribution is 2.32. The molecule has 0 saturated carbocycles. The molecule has 1 aromatic heterocycles. The van der Waals surface area contributed by atoms with Crippen molar-refractivity contribution in [3.63, 3.8) is 0 Å². The standard InChI is InChI=1S/C22H23ClFN3O2/c23-18-13-17(24)7-6-15(18)12-21(28)27-10-3-4-16-14-26(11-8-20(16)27)22(29)19-5-1-2-9-25-19/h1-2,5-7,9,13,16,20H,3-4,8,10-12,14H2/t16-,20+/m1/s1.